The second kappa shape index (κ2) is 12.6. The molecule has 0 aromatic carbocycles. The molecule has 43 heavy (non-hydrogen) atoms. The molecule has 0 bridgehead atoms. The van der Waals surface area contributed by atoms with Crippen molar-refractivity contribution < 1.29 is 51.2 Å². The number of pyridine rings is 1. The van der Waals surface area contributed by atoms with Gasteiger partial charge in [0.05, 0.1) is 5.56 Å². The minimum Gasteiger partial charge on any atom is -0.726 e. The normalized spacial score (nSPS) is 19.5. The maximum absolute atomic E-state index is 13.1. The molecule has 0 spiro atoms. The summed E-state index contributed by atoms with van der Waals surface area (Å²) < 4.78 is 34.8. The first-order chi connectivity index (χ1) is 20.2. The smallest absolute Gasteiger partial charge is 0.352 e. The van der Waals surface area contributed by atoms with E-state index in [9.17, 15) is 24.3 Å². The monoisotopic (exact) mass is 655 g/mol. The fourth-order valence-electron chi connectivity index (χ4n) is 4.98. The first kappa shape index (κ1) is 31.8. The Morgan fingerprint density at radius 1 is 1.35 bits per heavy atom. The van der Waals surface area contributed by atoms with E-state index in [-0.39, 0.29) is 28.8 Å². The van der Waals surface area contributed by atoms with E-state index in [0.717, 1.165) is 41.9 Å². The number of hydrogen-bond acceptors (Lipinski definition) is 13. The molecule has 3 amide bonds. The zero-order chi connectivity index (χ0) is 31.6. The number of fused-ring (bicyclic) bond motifs is 2. The van der Waals surface area contributed by atoms with Gasteiger partial charge >= 0.3 is 5.97 Å². The van der Waals surface area contributed by atoms with E-state index >= 15 is 0 Å². The average Bonchev–Trinajstić information content (AvgIpc) is 3.58. The summed E-state index contributed by atoms with van der Waals surface area (Å²) in [5.41, 5.74) is 14.0. The first-order valence-electron chi connectivity index (χ1n) is 12.3. The lowest BCUT2D eigenvalue weighted by atomic mass is 10.0. The molecule has 1 fully saturated rings. The van der Waals surface area contributed by atoms with Crippen LogP contribution in [0.1, 0.15) is 33.7 Å². The van der Waals surface area contributed by atoms with Crippen LogP contribution < -0.4 is 21.4 Å². The van der Waals surface area contributed by atoms with Crippen molar-refractivity contribution in [2.45, 2.75) is 37.2 Å². The molecule has 2 atom stereocenters. The number of hydrogen-bond donors (Lipinski definition) is 5. The van der Waals surface area contributed by atoms with Gasteiger partial charge in [0.1, 0.15) is 29.9 Å². The Labute approximate surface area is 252 Å². The molecule has 230 valence electrons. The molecule has 2 aromatic rings. The highest BCUT2D eigenvalue weighted by Crippen LogP contribution is 2.40. The van der Waals surface area contributed by atoms with Gasteiger partial charge in [-0.2, -0.15) is 4.57 Å². The highest BCUT2D eigenvalue weighted by atomic mass is 32.3. The number of aromatic nitrogens is 2. The van der Waals surface area contributed by atoms with Gasteiger partial charge in [0, 0.05) is 34.8 Å². The Hall–Kier alpha value is -4.11. The Morgan fingerprint density at radius 2 is 2.05 bits per heavy atom. The second-order valence-corrected chi connectivity index (χ2v) is 12.1. The summed E-state index contributed by atoms with van der Waals surface area (Å²) in [6.45, 7) is 0.249. The third kappa shape index (κ3) is 6.94. The van der Waals surface area contributed by atoms with Gasteiger partial charge in [-0.15, -0.1) is 23.1 Å². The summed E-state index contributed by atoms with van der Waals surface area (Å²) in [5.74, 6) is -2.62. The molecule has 17 nitrogen and oxygen atoms in total. The molecule has 3 aliphatic rings. The molecule has 20 heteroatoms. The van der Waals surface area contributed by atoms with E-state index in [1.165, 1.54) is 23.8 Å². The molecule has 1 aliphatic carbocycles. The minimum absolute atomic E-state index is 0.0967. The van der Waals surface area contributed by atoms with Crippen molar-refractivity contribution in [1.29, 1.82) is 0 Å². The molecule has 5 rings (SSSR count). The van der Waals surface area contributed by atoms with Crippen LogP contribution in [0.2, 0.25) is 0 Å². The number of β-lactam (4-membered cyclic amide) rings is 1. The number of carbonyl (C=O) groups is 4. The largest absolute Gasteiger partial charge is 0.726 e. The minimum atomic E-state index is -4.92. The van der Waals surface area contributed by atoms with Crippen LogP contribution in [-0.4, -0.2) is 86.2 Å². The molecule has 7 N–H and O–H groups in total. The van der Waals surface area contributed by atoms with E-state index in [0.29, 0.717) is 16.9 Å². The fraction of sp³-hybridized carbons (Fsp3) is 0.348. The molecule has 0 saturated carbocycles. The summed E-state index contributed by atoms with van der Waals surface area (Å²) in [6, 6.07) is 0.704. The number of anilines is 1. The van der Waals surface area contributed by atoms with Gasteiger partial charge in [-0.25, -0.2) is 18.2 Å². The van der Waals surface area contributed by atoms with E-state index in [1.807, 2.05) is 4.57 Å². The molecule has 0 radical (unpaired) electrons. The summed E-state index contributed by atoms with van der Waals surface area (Å²) in [6.07, 6.45) is 4.07. The van der Waals surface area contributed by atoms with Gasteiger partial charge in [-0.05, 0) is 12.8 Å². The Morgan fingerprint density at radius 3 is 2.63 bits per heavy atom. The van der Waals surface area contributed by atoms with E-state index in [4.69, 9.17) is 33.8 Å². The van der Waals surface area contributed by atoms with Gasteiger partial charge < -0.3 is 31.3 Å². The van der Waals surface area contributed by atoms with Crippen molar-refractivity contribution in [2.75, 3.05) is 18.6 Å². The third-order valence-corrected chi connectivity index (χ3v) is 8.62. The van der Waals surface area contributed by atoms with Crippen LogP contribution in [0.4, 0.5) is 5.13 Å². The molecule has 2 aliphatic heterocycles. The highest BCUT2D eigenvalue weighted by Gasteiger charge is 2.55. The van der Waals surface area contributed by atoms with Crippen LogP contribution in [0.15, 0.2) is 34.1 Å². The van der Waals surface area contributed by atoms with Crippen molar-refractivity contribution in [3.05, 3.63) is 51.4 Å². The van der Waals surface area contributed by atoms with Gasteiger partial charge in [0.2, 0.25) is 16.3 Å². The zero-order valence-corrected chi connectivity index (χ0v) is 24.7. The quantitative estimate of drug-likeness (QED) is 0.0536. The van der Waals surface area contributed by atoms with Gasteiger partial charge in [-0.1, -0.05) is 5.16 Å². The number of nitrogen functional groups attached to an aromatic ring is 1. The van der Waals surface area contributed by atoms with Gasteiger partial charge in [-0.3, -0.25) is 23.8 Å². The predicted molar refractivity (Wildman–Crippen MR) is 149 cm³/mol. The summed E-state index contributed by atoms with van der Waals surface area (Å²) >= 11 is 2.48. The van der Waals surface area contributed by atoms with E-state index in [2.05, 4.69) is 15.5 Å². The van der Waals surface area contributed by atoms with Crippen molar-refractivity contribution in [3.8, 4) is 0 Å². The van der Waals surface area contributed by atoms with Crippen LogP contribution in [0.25, 0.3) is 0 Å². The maximum Gasteiger partial charge on any atom is 0.352 e. The molecule has 1 saturated heterocycles. The molecule has 0 unspecified atom stereocenters. The van der Waals surface area contributed by atoms with E-state index < -0.39 is 45.5 Å². The number of carboxylic acids is 1. The number of oxime groups is 1. The van der Waals surface area contributed by atoms with Crippen LogP contribution in [0.5, 0.6) is 0 Å². The van der Waals surface area contributed by atoms with Crippen molar-refractivity contribution in [3.63, 3.8) is 0 Å². The Kier molecular flexibility index (Phi) is 9.35. The van der Waals surface area contributed by atoms with Crippen LogP contribution in [0, 0.1) is 0 Å². The first-order valence-corrected chi connectivity index (χ1v) is 15.6. The summed E-state index contributed by atoms with van der Waals surface area (Å²) in [7, 11) is -3.64. The SMILES string of the molecule is CO/N=C(\C(=O)N[C@@H]1C(=O)N2C(C(=O)O)=C(C[n+]3ccc(C(N)=O)c4c3CCC4)CS[C@H]12)c1csc(N)n1.O=S(=O)([O-])O. The van der Waals surface area contributed by atoms with Gasteiger partial charge in [0.15, 0.2) is 29.3 Å². The van der Waals surface area contributed by atoms with Crippen molar-refractivity contribution >= 4 is 68.0 Å². The molecular formula is C23H25N7O10S3. The molecular weight excluding hydrogens is 630 g/mol. The van der Waals surface area contributed by atoms with Crippen molar-refractivity contribution in [1.82, 2.24) is 15.2 Å². The third-order valence-electron chi connectivity index (χ3n) is 6.61. The molecule has 2 aromatic heterocycles. The standard InChI is InChI=1S/C23H23N7O6S2.H2O4S/c1-36-28-15(13-9-38-23(25)26-13)19(32)27-16-20(33)30-17(22(34)35)10(8-37-21(16)30)7-29-6-5-12(18(24)31)11-3-2-4-14(11)29;1-5(2,3)4/h5-6,9,16,21H,2-4,7-8H2,1H3,(H5-,24,25,26,27,31,32,34,35);(H2,1,2,3,4)/b28-15-;/t16-,21-;/m1./s1. The highest BCUT2D eigenvalue weighted by molar-refractivity contribution is 8.00. The van der Waals surface area contributed by atoms with Crippen LogP contribution in [0.3, 0.4) is 0 Å². The summed E-state index contributed by atoms with van der Waals surface area (Å²) in [5, 5.41) is 17.6. The number of aliphatic carboxylic acids is 1. The Balaban J connectivity index is 0.000000782. The second-order valence-electron chi connectivity index (χ2n) is 9.24. The number of carbonyl (C=O) groups excluding carboxylic acids is 3. The number of thioether (sulfide) groups is 1. The predicted octanol–water partition coefficient (Wildman–Crippen LogP) is -1.61. The lowest BCUT2D eigenvalue weighted by Gasteiger charge is -2.49. The molecule has 4 heterocycles. The Bertz CT molecular complexity index is 1660. The number of primary amides is 1. The number of nitrogens with zero attached hydrogens (tertiary/aromatic N) is 4. The number of nitrogens with one attached hydrogen (secondary N) is 1. The van der Waals surface area contributed by atoms with Crippen LogP contribution in [-0.2, 0) is 49.0 Å². The average molecular weight is 656 g/mol. The number of nitrogens with two attached hydrogens (primary N) is 2. The number of thiazole rings is 1. The lowest BCUT2D eigenvalue weighted by Crippen LogP contribution is -2.71. The van der Waals surface area contributed by atoms with Crippen molar-refractivity contribution in [2.24, 2.45) is 10.9 Å². The zero-order valence-electron chi connectivity index (χ0n) is 22.3. The van der Waals surface area contributed by atoms with Crippen LogP contribution >= 0.6 is 23.1 Å². The maximum atomic E-state index is 13.1. The van der Waals surface area contributed by atoms with E-state index in [1.54, 1.807) is 17.6 Å². The number of rotatable bonds is 8. The number of carboxylic acid groups (broad SMARTS) is 1. The van der Waals surface area contributed by atoms with Gasteiger partial charge in [0.25, 0.3) is 11.8 Å². The fourth-order valence-corrected chi connectivity index (χ4v) is 6.86. The topological polar surface area (TPSA) is 272 Å². The number of amides is 3. The lowest BCUT2D eigenvalue weighted by molar-refractivity contribution is -0.696. The summed E-state index contributed by atoms with van der Waals surface area (Å²) in [4.78, 5) is 60.2.